The molecule has 0 unspecified atom stereocenters. The Morgan fingerprint density at radius 3 is 2.92 bits per heavy atom. The van der Waals surface area contributed by atoms with Gasteiger partial charge < -0.3 is 10.1 Å². The molecule has 0 atom stereocenters. The highest BCUT2D eigenvalue weighted by Gasteiger charge is 2.40. The fourth-order valence-corrected chi connectivity index (χ4v) is 4.24. The maximum absolute atomic E-state index is 6.40. The highest BCUT2D eigenvalue weighted by molar-refractivity contribution is 9.10. The number of benzene rings is 1. The first kappa shape index (κ1) is 16.1. The number of halogens is 1. The number of ether oxygens (including phenoxy) is 1. The lowest BCUT2D eigenvalue weighted by molar-refractivity contribution is 0.101. The minimum Gasteiger partial charge on any atom is -0.449 e. The van der Waals surface area contributed by atoms with Gasteiger partial charge in [0.15, 0.2) is 11.4 Å². The summed E-state index contributed by atoms with van der Waals surface area (Å²) in [6.07, 6.45) is 5.34. The van der Waals surface area contributed by atoms with Crippen molar-refractivity contribution in [3.05, 3.63) is 22.7 Å². The van der Waals surface area contributed by atoms with Crippen LogP contribution in [-0.2, 0) is 0 Å². The van der Waals surface area contributed by atoms with Gasteiger partial charge in [0.05, 0.1) is 0 Å². The van der Waals surface area contributed by atoms with E-state index < -0.39 is 0 Å². The summed E-state index contributed by atoms with van der Waals surface area (Å²) >= 11 is 5.17. The van der Waals surface area contributed by atoms with E-state index in [1.807, 2.05) is 12.1 Å². The molecule has 7 heteroatoms. The van der Waals surface area contributed by atoms with E-state index >= 15 is 0 Å². The van der Waals surface area contributed by atoms with Gasteiger partial charge in [-0.25, -0.2) is 0 Å². The Hall–Kier alpha value is -1.34. The first-order valence-corrected chi connectivity index (χ1v) is 10.1. The number of fused-ring (bicyclic) bond motifs is 3. The Labute approximate surface area is 154 Å². The summed E-state index contributed by atoms with van der Waals surface area (Å²) in [7, 11) is 0. The number of thioether (sulfide) groups is 1. The largest absolute Gasteiger partial charge is 0.449 e. The molecule has 1 fully saturated rings. The molecule has 126 valence electrons. The van der Waals surface area contributed by atoms with Crippen LogP contribution in [0, 0.1) is 0 Å². The van der Waals surface area contributed by atoms with Crippen molar-refractivity contribution in [3.8, 4) is 17.1 Å². The molecule has 4 rings (SSSR count). The minimum absolute atomic E-state index is 0.378. The second-order valence-electron chi connectivity index (χ2n) is 6.21. The van der Waals surface area contributed by atoms with Gasteiger partial charge in [-0.3, -0.25) is 0 Å². The van der Waals surface area contributed by atoms with Gasteiger partial charge in [-0.05, 0) is 37.5 Å². The fourth-order valence-electron chi connectivity index (χ4n) is 3.24. The molecule has 1 aliphatic heterocycles. The molecule has 1 aliphatic carbocycles. The maximum Gasteiger partial charge on any atom is 0.247 e. The van der Waals surface area contributed by atoms with Crippen LogP contribution >= 0.6 is 27.7 Å². The third-order valence-electron chi connectivity index (χ3n) is 4.37. The van der Waals surface area contributed by atoms with Crippen molar-refractivity contribution in [1.82, 2.24) is 15.2 Å². The predicted octanol–water partition coefficient (Wildman–Crippen LogP) is 4.88. The summed E-state index contributed by atoms with van der Waals surface area (Å²) in [6, 6.07) is 6.15. The quantitative estimate of drug-likeness (QED) is 0.732. The average Bonchev–Trinajstić information content (AvgIpc) is 2.97. The molecule has 1 spiro atoms. The summed E-state index contributed by atoms with van der Waals surface area (Å²) in [5.41, 5.74) is 2.35. The van der Waals surface area contributed by atoms with E-state index in [0.717, 1.165) is 53.6 Å². The number of hydrogen-bond donors (Lipinski definition) is 1. The second-order valence-corrected chi connectivity index (χ2v) is 8.19. The topological polar surface area (TPSA) is 59.9 Å². The molecule has 2 heterocycles. The normalized spacial score (nSPS) is 17.6. The van der Waals surface area contributed by atoms with E-state index in [2.05, 4.69) is 49.4 Å². The Kier molecular flexibility index (Phi) is 4.39. The third kappa shape index (κ3) is 2.99. The van der Waals surface area contributed by atoms with Gasteiger partial charge in [-0.2, -0.15) is 4.98 Å². The Balaban J connectivity index is 1.83. The van der Waals surface area contributed by atoms with Crippen LogP contribution < -0.4 is 10.1 Å². The van der Waals surface area contributed by atoms with Crippen molar-refractivity contribution in [1.29, 1.82) is 0 Å². The number of hydrogen-bond acceptors (Lipinski definition) is 6. The van der Waals surface area contributed by atoms with Crippen molar-refractivity contribution in [2.45, 2.75) is 49.9 Å². The van der Waals surface area contributed by atoms with E-state index in [4.69, 9.17) is 4.74 Å². The molecular formula is C17H19BrN4OS. The van der Waals surface area contributed by atoms with Crippen LogP contribution in [0.25, 0.3) is 11.3 Å². The van der Waals surface area contributed by atoms with Gasteiger partial charge >= 0.3 is 0 Å². The van der Waals surface area contributed by atoms with E-state index in [-0.39, 0.29) is 5.72 Å². The van der Waals surface area contributed by atoms with Gasteiger partial charge in [-0.1, -0.05) is 34.6 Å². The fraction of sp³-hybridized carbons (Fsp3) is 0.471. The zero-order valence-corrected chi connectivity index (χ0v) is 15.9. The van der Waals surface area contributed by atoms with Crippen LogP contribution in [0.3, 0.4) is 0 Å². The molecule has 0 radical (unpaired) electrons. The molecule has 1 aromatic heterocycles. The molecule has 1 aromatic carbocycles. The molecule has 2 aromatic rings. The number of nitrogens with one attached hydrogen (secondary N) is 1. The number of nitrogens with zero attached hydrogens (tertiary/aromatic N) is 3. The van der Waals surface area contributed by atoms with Gasteiger partial charge in [0.25, 0.3) is 0 Å². The smallest absolute Gasteiger partial charge is 0.247 e. The van der Waals surface area contributed by atoms with E-state index in [1.54, 1.807) is 11.8 Å². The van der Waals surface area contributed by atoms with Crippen LogP contribution in [0.5, 0.6) is 5.88 Å². The van der Waals surface area contributed by atoms with Crippen LogP contribution in [0.4, 0.5) is 5.69 Å². The first-order valence-electron chi connectivity index (χ1n) is 8.34. The van der Waals surface area contributed by atoms with Crippen molar-refractivity contribution in [3.63, 3.8) is 0 Å². The summed E-state index contributed by atoms with van der Waals surface area (Å²) in [4.78, 5) is 4.67. The number of aromatic nitrogens is 3. The van der Waals surface area contributed by atoms with Crippen LogP contribution in [0.1, 0.15) is 39.0 Å². The van der Waals surface area contributed by atoms with Gasteiger partial charge in [-0.15, -0.1) is 10.2 Å². The first-order chi connectivity index (χ1) is 11.7. The second kappa shape index (κ2) is 6.52. The van der Waals surface area contributed by atoms with Gasteiger partial charge in [0.2, 0.25) is 11.0 Å². The van der Waals surface area contributed by atoms with Crippen LogP contribution in [0.15, 0.2) is 27.8 Å². The molecule has 24 heavy (non-hydrogen) atoms. The summed E-state index contributed by atoms with van der Waals surface area (Å²) in [5, 5.41) is 13.0. The summed E-state index contributed by atoms with van der Waals surface area (Å²) in [6.45, 7) is 2.14. The SMILES string of the molecule is CCCSc1nnc2c(n1)OC1(CCCC1)Nc1ccc(Br)cc1-2. The zero-order chi connectivity index (χ0) is 16.6. The van der Waals surface area contributed by atoms with Crippen molar-refractivity contribution < 1.29 is 4.74 Å². The Bertz CT molecular complexity index is 764. The van der Waals surface area contributed by atoms with Crippen molar-refractivity contribution >= 4 is 33.4 Å². The maximum atomic E-state index is 6.40. The molecule has 2 aliphatic rings. The van der Waals surface area contributed by atoms with E-state index in [0.29, 0.717) is 16.7 Å². The highest BCUT2D eigenvalue weighted by atomic mass is 79.9. The zero-order valence-electron chi connectivity index (χ0n) is 13.5. The average molecular weight is 407 g/mol. The molecule has 1 N–H and O–H groups in total. The van der Waals surface area contributed by atoms with Crippen molar-refractivity contribution in [2.24, 2.45) is 0 Å². The summed E-state index contributed by atoms with van der Waals surface area (Å²) in [5.74, 6) is 1.57. The third-order valence-corrected chi connectivity index (χ3v) is 5.91. The predicted molar refractivity (Wildman–Crippen MR) is 99.4 cm³/mol. The number of anilines is 1. The van der Waals surface area contributed by atoms with E-state index in [9.17, 15) is 0 Å². The molecule has 1 saturated carbocycles. The lowest BCUT2D eigenvalue weighted by atomic mass is 10.1. The Morgan fingerprint density at radius 2 is 2.12 bits per heavy atom. The lowest BCUT2D eigenvalue weighted by Gasteiger charge is -2.30. The molecule has 5 nitrogen and oxygen atoms in total. The summed E-state index contributed by atoms with van der Waals surface area (Å²) < 4.78 is 7.40. The van der Waals surface area contributed by atoms with Crippen LogP contribution in [-0.4, -0.2) is 26.7 Å². The highest BCUT2D eigenvalue weighted by Crippen LogP contribution is 2.44. The molecule has 0 bridgehead atoms. The lowest BCUT2D eigenvalue weighted by Crippen LogP contribution is -2.41. The molecule has 0 amide bonds. The van der Waals surface area contributed by atoms with Gasteiger partial charge in [0, 0.05) is 34.3 Å². The van der Waals surface area contributed by atoms with Crippen molar-refractivity contribution in [2.75, 3.05) is 11.1 Å². The van der Waals surface area contributed by atoms with E-state index in [1.165, 1.54) is 0 Å². The van der Waals surface area contributed by atoms with Crippen LogP contribution in [0.2, 0.25) is 0 Å². The monoisotopic (exact) mass is 406 g/mol. The number of rotatable bonds is 3. The van der Waals surface area contributed by atoms with Gasteiger partial charge in [0.1, 0.15) is 0 Å². The molecular weight excluding hydrogens is 388 g/mol. The standard InChI is InChI=1S/C17H19BrN4OS/c1-2-9-24-16-19-15-14(21-22-16)12-10-11(18)5-6-13(12)20-17(23-15)7-3-4-8-17/h5-6,10,20H,2-4,7-9H2,1H3. The molecule has 0 saturated heterocycles. The Morgan fingerprint density at radius 1 is 1.29 bits per heavy atom. The minimum atomic E-state index is -0.378.